The molecule has 24 heavy (non-hydrogen) atoms. The van der Waals surface area contributed by atoms with Crippen molar-refractivity contribution in [3.05, 3.63) is 22.7 Å². The van der Waals surface area contributed by atoms with E-state index in [0.29, 0.717) is 55.8 Å². The first-order chi connectivity index (χ1) is 11.7. The van der Waals surface area contributed by atoms with Crippen LogP contribution in [0.25, 0.3) is 0 Å². The van der Waals surface area contributed by atoms with Crippen LogP contribution in [-0.2, 0) is 6.42 Å². The van der Waals surface area contributed by atoms with Crippen LogP contribution in [0, 0.1) is 0 Å². The average Bonchev–Trinajstić information content (AvgIpc) is 2.58. The number of aliphatic hydroxyl groups is 1. The smallest absolute Gasteiger partial charge is 0.317 e. The summed E-state index contributed by atoms with van der Waals surface area (Å²) in [6.07, 6.45) is 2.57. The quantitative estimate of drug-likeness (QED) is 0.750. The molecule has 0 radical (unpaired) electrons. The van der Waals surface area contributed by atoms with E-state index >= 15 is 0 Å². The third-order valence-corrected chi connectivity index (χ3v) is 4.07. The second kappa shape index (κ2) is 9.59. The highest BCUT2D eigenvalue weighted by atomic mass is 35.5. The summed E-state index contributed by atoms with van der Waals surface area (Å²) in [6.45, 7) is 4.54. The van der Waals surface area contributed by atoms with E-state index in [1.165, 1.54) is 0 Å². The fourth-order valence-electron chi connectivity index (χ4n) is 2.52. The summed E-state index contributed by atoms with van der Waals surface area (Å²) in [4.78, 5) is 13.8. The Morgan fingerprint density at radius 2 is 2.12 bits per heavy atom. The van der Waals surface area contributed by atoms with Crippen molar-refractivity contribution in [1.82, 2.24) is 10.2 Å². The molecule has 7 heteroatoms. The Morgan fingerprint density at radius 3 is 2.88 bits per heavy atom. The van der Waals surface area contributed by atoms with Crippen LogP contribution >= 0.6 is 11.6 Å². The van der Waals surface area contributed by atoms with E-state index in [-0.39, 0.29) is 12.6 Å². The molecule has 6 nitrogen and oxygen atoms in total. The third-order valence-electron chi connectivity index (χ3n) is 3.79. The molecule has 0 saturated carbocycles. The van der Waals surface area contributed by atoms with Crippen LogP contribution in [0.5, 0.6) is 11.5 Å². The number of amides is 2. The van der Waals surface area contributed by atoms with Gasteiger partial charge in [-0.1, -0.05) is 24.9 Å². The van der Waals surface area contributed by atoms with Gasteiger partial charge in [-0.25, -0.2) is 4.79 Å². The molecule has 0 bridgehead atoms. The first kappa shape index (κ1) is 18.7. The minimum absolute atomic E-state index is 0.0328. The predicted molar refractivity (Wildman–Crippen MR) is 93.1 cm³/mol. The lowest BCUT2D eigenvalue weighted by atomic mass is 10.1. The number of unbranched alkanes of at least 4 members (excludes halogenated alkanes) is 1. The van der Waals surface area contributed by atoms with Crippen LogP contribution in [0.15, 0.2) is 12.1 Å². The van der Waals surface area contributed by atoms with E-state index in [9.17, 15) is 4.79 Å². The zero-order chi connectivity index (χ0) is 17.4. The Balaban J connectivity index is 1.86. The number of aliphatic hydroxyl groups excluding tert-OH is 1. The van der Waals surface area contributed by atoms with Crippen molar-refractivity contribution in [3.8, 4) is 11.5 Å². The number of nitrogens with zero attached hydrogens (tertiary/aromatic N) is 1. The van der Waals surface area contributed by atoms with Crippen LogP contribution in [0.1, 0.15) is 25.3 Å². The van der Waals surface area contributed by atoms with Crippen molar-refractivity contribution in [2.24, 2.45) is 0 Å². The van der Waals surface area contributed by atoms with Crippen LogP contribution in [0.3, 0.4) is 0 Å². The standard InChI is InChI=1S/C17H25ClN2O4/c1-2-3-6-20(7-8-21)17(22)19-5-4-13-11-14(18)16-15(12-13)23-9-10-24-16/h11-12,21H,2-10H2,1H3,(H,19,22). The molecule has 0 saturated heterocycles. The summed E-state index contributed by atoms with van der Waals surface area (Å²) in [5.41, 5.74) is 0.979. The number of urea groups is 1. The summed E-state index contributed by atoms with van der Waals surface area (Å²) < 4.78 is 11.0. The van der Waals surface area contributed by atoms with Gasteiger partial charge in [-0.05, 0) is 30.5 Å². The van der Waals surface area contributed by atoms with Crippen molar-refractivity contribution in [1.29, 1.82) is 0 Å². The topological polar surface area (TPSA) is 71.0 Å². The monoisotopic (exact) mass is 356 g/mol. The molecule has 1 aliphatic heterocycles. The van der Waals surface area contributed by atoms with E-state index in [0.717, 1.165) is 18.4 Å². The number of nitrogens with one attached hydrogen (secondary N) is 1. The Hall–Kier alpha value is -1.66. The maximum absolute atomic E-state index is 12.2. The molecule has 0 aliphatic carbocycles. The lowest BCUT2D eigenvalue weighted by Gasteiger charge is -2.22. The third kappa shape index (κ3) is 5.18. The number of rotatable bonds is 8. The lowest BCUT2D eigenvalue weighted by molar-refractivity contribution is 0.171. The van der Waals surface area contributed by atoms with Crippen molar-refractivity contribution in [2.75, 3.05) is 39.5 Å². The molecule has 0 unspecified atom stereocenters. The molecule has 1 heterocycles. The van der Waals surface area contributed by atoms with Crippen molar-refractivity contribution >= 4 is 17.6 Å². The first-order valence-electron chi connectivity index (χ1n) is 8.37. The highest BCUT2D eigenvalue weighted by Gasteiger charge is 2.17. The highest BCUT2D eigenvalue weighted by molar-refractivity contribution is 6.32. The number of hydrogen-bond donors (Lipinski definition) is 2. The predicted octanol–water partition coefficient (Wildman–Crippen LogP) is 2.46. The SMILES string of the molecule is CCCCN(CCO)C(=O)NCCc1cc(Cl)c2c(c1)OCCO2. The van der Waals surface area contributed by atoms with Gasteiger partial charge < -0.3 is 24.8 Å². The highest BCUT2D eigenvalue weighted by Crippen LogP contribution is 2.38. The van der Waals surface area contributed by atoms with E-state index < -0.39 is 0 Å². The zero-order valence-electron chi connectivity index (χ0n) is 14.0. The zero-order valence-corrected chi connectivity index (χ0v) is 14.8. The Kier molecular flexibility index (Phi) is 7.46. The van der Waals surface area contributed by atoms with Crippen LogP contribution < -0.4 is 14.8 Å². The summed E-state index contributed by atoms with van der Waals surface area (Å²) in [5.74, 6) is 1.24. The Bertz CT molecular complexity index is 554. The van der Waals surface area contributed by atoms with Crippen LogP contribution in [0.2, 0.25) is 5.02 Å². The number of ether oxygens (including phenoxy) is 2. The minimum Gasteiger partial charge on any atom is -0.486 e. The van der Waals surface area contributed by atoms with Gasteiger partial charge in [-0.15, -0.1) is 0 Å². The van der Waals surface area contributed by atoms with E-state index in [4.69, 9.17) is 26.2 Å². The lowest BCUT2D eigenvalue weighted by Crippen LogP contribution is -2.42. The Morgan fingerprint density at radius 1 is 1.33 bits per heavy atom. The molecule has 2 rings (SSSR count). The largest absolute Gasteiger partial charge is 0.486 e. The van der Waals surface area contributed by atoms with Crippen LogP contribution in [-0.4, -0.2) is 55.5 Å². The summed E-state index contributed by atoms with van der Waals surface area (Å²) in [5, 5.41) is 12.5. The first-order valence-corrected chi connectivity index (χ1v) is 8.75. The second-order valence-electron chi connectivity index (χ2n) is 5.65. The number of fused-ring (bicyclic) bond motifs is 1. The van der Waals surface area contributed by atoms with E-state index in [1.807, 2.05) is 12.1 Å². The number of carbonyl (C=O) groups excluding carboxylic acids is 1. The van der Waals surface area contributed by atoms with Crippen molar-refractivity contribution in [2.45, 2.75) is 26.2 Å². The number of carbonyl (C=O) groups is 1. The number of benzene rings is 1. The maximum atomic E-state index is 12.2. The van der Waals surface area contributed by atoms with E-state index in [1.54, 1.807) is 4.90 Å². The second-order valence-corrected chi connectivity index (χ2v) is 6.06. The maximum Gasteiger partial charge on any atom is 0.317 e. The molecule has 0 aromatic heterocycles. The summed E-state index contributed by atoms with van der Waals surface area (Å²) in [6, 6.07) is 3.58. The molecular formula is C17H25ClN2O4. The van der Waals surface area contributed by atoms with Crippen LogP contribution in [0.4, 0.5) is 4.79 Å². The van der Waals surface area contributed by atoms with Gasteiger partial charge in [-0.2, -0.15) is 0 Å². The van der Waals surface area contributed by atoms with Gasteiger partial charge >= 0.3 is 6.03 Å². The fourth-order valence-corrected chi connectivity index (χ4v) is 2.81. The molecule has 2 amide bonds. The fraction of sp³-hybridized carbons (Fsp3) is 0.588. The molecule has 1 aliphatic rings. The van der Waals surface area contributed by atoms with Gasteiger partial charge in [0.2, 0.25) is 0 Å². The van der Waals surface area contributed by atoms with Crippen molar-refractivity contribution in [3.63, 3.8) is 0 Å². The number of hydrogen-bond acceptors (Lipinski definition) is 4. The minimum atomic E-state index is -0.152. The van der Waals surface area contributed by atoms with Gasteiger partial charge in [-0.3, -0.25) is 0 Å². The average molecular weight is 357 g/mol. The van der Waals surface area contributed by atoms with Crippen molar-refractivity contribution < 1.29 is 19.4 Å². The number of halogens is 1. The van der Waals surface area contributed by atoms with Gasteiger partial charge in [0.15, 0.2) is 11.5 Å². The van der Waals surface area contributed by atoms with Gasteiger partial charge in [0.25, 0.3) is 0 Å². The van der Waals surface area contributed by atoms with E-state index in [2.05, 4.69) is 12.2 Å². The Labute approximate surface area is 147 Å². The molecule has 0 spiro atoms. The molecular weight excluding hydrogens is 332 g/mol. The molecule has 0 fully saturated rings. The molecule has 2 N–H and O–H groups in total. The summed E-state index contributed by atoms with van der Waals surface area (Å²) in [7, 11) is 0. The summed E-state index contributed by atoms with van der Waals surface area (Å²) >= 11 is 6.21. The van der Waals surface area contributed by atoms with Gasteiger partial charge in [0.05, 0.1) is 11.6 Å². The molecule has 0 atom stereocenters. The molecule has 1 aromatic carbocycles. The van der Waals surface area contributed by atoms with Gasteiger partial charge in [0, 0.05) is 19.6 Å². The molecule has 1 aromatic rings. The molecule has 134 valence electrons. The van der Waals surface area contributed by atoms with Gasteiger partial charge in [0.1, 0.15) is 13.2 Å². The normalized spacial score (nSPS) is 12.8.